The third-order valence-corrected chi connectivity index (χ3v) is 4.27. The molecule has 0 bridgehead atoms. The maximum Gasteiger partial charge on any atom is 0.215 e. The van der Waals surface area contributed by atoms with E-state index in [1.54, 1.807) is 20.5 Å². The fraction of sp³-hybridized carbons (Fsp3) is 0.550. The Bertz CT molecular complexity index is 948. The maximum atomic E-state index is 4.09. The molecule has 4 heterocycles. The number of aryl methyl sites for hydroxylation is 9. The average Bonchev–Trinajstić information content (AvgIpc) is 3.40. The van der Waals surface area contributed by atoms with Gasteiger partial charge in [0.05, 0.1) is 19.8 Å². The van der Waals surface area contributed by atoms with Crippen molar-refractivity contribution in [2.75, 3.05) is 0 Å². The summed E-state index contributed by atoms with van der Waals surface area (Å²) in [5, 5.41) is 19.4. The number of nitrogens with zero attached hydrogens (tertiary/aromatic N) is 11. The van der Waals surface area contributed by atoms with Crippen LogP contribution in [0.4, 0.5) is 0 Å². The standard InChI is InChI=1S/2C5H10N3.C5H8N2.C4H7N3.CH4/c1-5-4-7(2)8(3)6-5;1-5-4-6-8(3)7(5)2;1-5-3-4-6-7(5)2;1-4-3-7(2)6-5-4;/h2*4H,1-3H3;3-4H,1-2H3;3H,1-2H3;1H4/q2*+1;;;. The second-order valence-corrected chi connectivity index (χ2v) is 6.96. The molecule has 0 aliphatic rings. The predicted octanol–water partition coefficient (Wildman–Crippen LogP) is 0.594. The van der Waals surface area contributed by atoms with Gasteiger partial charge in [0.25, 0.3) is 0 Å². The Hall–Kier alpha value is -3.37. The van der Waals surface area contributed by atoms with Crippen molar-refractivity contribution >= 4 is 0 Å². The molecule has 0 radical (unpaired) electrons. The first-order valence-corrected chi connectivity index (χ1v) is 9.50. The molecule has 4 aromatic heterocycles. The van der Waals surface area contributed by atoms with E-state index >= 15 is 0 Å². The summed E-state index contributed by atoms with van der Waals surface area (Å²) in [5.74, 6) is 0. The summed E-state index contributed by atoms with van der Waals surface area (Å²) < 4.78 is 7.41. The summed E-state index contributed by atoms with van der Waals surface area (Å²) in [6.45, 7) is 7.92. The topological polar surface area (TPSA) is 91.9 Å². The largest absolute Gasteiger partial charge is 0.273 e. The highest BCUT2D eigenvalue weighted by Gasteiger charge is 2.02. The van der Waals surface area contributed by atoms with Gasteiger partial charge >= 0.3 is 0 Å². The van der Waals surface area contributed by atoms with E-state index in [0.717, 1.165) is 11.4 Å². The van der Waals surface area contributed by atoms with Gasteiger partial charge in [-0.25, -0.2) is 0 Å². The molecule has 0 aromatic carbocycles. The molecule has 11 nitrogen and oxygen atoms in total. The summed E-state index contributed by atoms with van der Waals surface area (Å²) in [7, 11) is 11.5. The van der Waals surface area contributed by atoms with E-state index in [0.29, 0.717) is 0 Å². The van der Waals surface area contributed by atoms with Crippen LogP contribution in [0.1, 0.15) is 30.2 Å². The van der Waals surface area contributed by atoms with Crippen molar-refractivity contribution in [1.82, 2.24) is 44.6 Å². The van der Waals surface area contributed by atoms with Crippen LogP contribution < -0.4 is 9.36 Å². The highest BCUT2D eigenvalue weighted by Crippen LogP contribution is 1.89. The van der Waals surface area contributed by atoms with E-state index in [9.17, 15) is 0 Å². The first kappa shape index (κ1) is 27.6. The van der Waals surface area contributed by atoms with Crippen LogP contribution in [0.15, 0.2) is 30.9 Å². The van der Waals surface area contributed by atoms with E-state index in [-0.39, 0.29) is 7.43 Å². The van der Waals surface area contributed by atoms with Gasteiger partial charge in [0.1, 0.15) is 14.1 Å². The quantitative estimate of drug-likeness (QED) is 0.379. The van der Waals surface area contributed by atoms with Crippen LogP contribution in [0.2, 0.25) is 0 Å². The molecule has 0 atom stereocenters. The number of hydrogen-bond acceptors (Lipinski definition) is 5. The smallest absolute Gasteiger partial charge is 0.215 e. The summed E-state index contributed by atoms with van der Waals surface area (Å²) in [6.07, 6.45) is 7.45. The molecule has 0 N–H and O–H groups in total. The van der Waals surface area contributed by atoms with Gasteiger partial charge in [0.15, 0.2) is 11.9 Å². The van der Waals surface area contributed by atoms with Gasteiger partial charge in [0.2, 0.25) is 11.9 Å². The fourth-order valence-corrected chi connectivity index (χ4v) is 2.14. The van der Waals surface area contributed by atoms with Crippen molar-refractivity contribution in [2.45, 2.75) is 35.1 Å². The molecule has 0 spiro atoms. The molecular weight excluding hydrogens is 394 g/mol. The Morgan fingerprint density at radius 2 is 1.52 bits per heavy atom. The van der Waals surface area contributed by atoms with Crippen LogP contribution in [0, 0.1) is 27.7 Å². The van der Waals surface area contributed by atoms with Gasteiger partial charge in [-0.1, -0.05) is 12.6 Å². The van der Waals surface area contributed by atoms with Crippen LogP contribution in [0.5, 0.6) is 0 Å². The molecule has 172 valence electrons. The molecule has 0 amide bonds. The minimum Gasteiger partial charge on any atom is -0.273 e. The van der Waals surface area contributed by atoms with Crippen molar-refractivity contribution in [2.24, 2.45) is 42.3 Å². The zero-order chi connectivity index (χ0) is 22.8. The van der Waals surface area contributed by atoms with Crippen molar-refractivity contribution < 1.29 is 9.36 Å². The van der Waals surface area contributed by atoms with E-state index in [2.05, 4.69) is 25.6 Å². The summed E-state index contributed by atoms with van der Waals surface area (Å²) in [5.41, 5.74) is 4.38. The molecule has 0 aliphatic carbocycles. The van der Waals surface area contributed by atoms with Crippen molar-refractivity contribution in [1.29, 1.82) is 0 Å². The Balaban J connectivity index is 0.000000384. The molecule has 31 heavy (non-hydrogen) atoms. The summed E-state index contributed by atoms with van der Waals surface area (Å²) >= 11 is 0. The van der Waals surface area contributed by atoms with Crippen LogP contribution in [0.25, 0.3) is 0 Å². The molecule has 0 saturated carbocycles. The maximum absolute atomic E-state index is 4.09. The Kier molecular flexibility index (Phi) is 11.6. The molecule has 0 unspecified atom stereocenters. The molecule has 11 heteroatoms. The molecule has 4 aromatic rings. The minimum absolute atomic E-state index is 0. The molecule has 4 rings (SSSR count). The van der Waals surface area contributed by atoms with Crippen LogP contribution in [-0.2, 0) is 42.3 Å². The lowest BCUT2D eigenvalue weighted by Crippen LogP contribution is -2.39. The van der Waals surface area contributed by atoms with E-state index in [1.165, 1.54) is 11.4 Å². The first-order valence-electron chi connectivity index (χ1n) is 9.50. The van der Waals surface area contributed by atoms with Crippen molar-refractivity contribution in [3.05, 3.63) is 53.6 Å². The van der Waals surface area contributed by atoms with Gasteiger partial charge < -0.3 is 0 Å². The van der Waals surface area contributed by atoms with Gasteiger partial charge in [0, 0.05) is 56.2 Å². The predicted molar refractivity (Wildman–Crippen MR) is 119 cm³/mol. The fourth-order valence-electron chi connectivity index (χ4n) is 2.14. The Morgan fingerprint density at radius 1 is 0.871 bits per heavy atom. The Labute approximate surface area is 185 Å². The summed E-state index contributed by atoms with van der Waals surface area (Å²) in [6, 6.07) is 1.97. The Morgan fingerprint density at radius 3 is 1.65 bits per heavy atom. The lowest BCUT2D eigenvalue weighted by atomic mass is 10.5. The van der Waals surface area contributed by atoms with Gasteiger partial charge in [-0.15, -0.1) is 5.10 Å². The van der Waals surface area contributed by atoms with Gasteiger partial charge in [-0.05, 0) is 29.5 Å². The third-order valence-electron chi connectivity index (χ3n) is 4.27. The lowest BCUT2D eigenvalue weighted by Gasteiger charge is -1.87. The highest BCUT2D eigenvalue weighted by molar-refractivity contribution is 4.94. The van der Waals surface area contributed by atoms with Crippen LogP contribution in [-0.4, -0.2) is 44.6 Å². The number of hydrogen-bond donors (Lipinski definition) is 0. The van der Waals surface area contributed by atoms with Gasteiger partial charge in [-0.3, -0.25) is 9.36 Å². The highest BCUT2D eigenvalue weighted by atomic mass is 15.5. The second kappa shape index (κ2) is 13.0. The second-order valence-electron chi connectivity index (χ2n) is 6.96. The van der Waals surface area contributed by atoms with E-state index in [4.69, 9.17) is 0 Å². The molecule has 0 aliphatic heterocycles. The first-order chi connectivity index (χ1) is 14.0. The average molecular weight is 434 g/mol. The SMILES string of the molecule is C.Cc1c[n+](C)n(C)n1.Cc1ccnn1C.Cc1cn(C)nn1.Cc1cnn(C)[n+]1C. The minimum atomic E-state index is 0. The number of aromatic nitrogens is 11. The number of rotatable bonds is 0. The zero-order valence-electron chi connectivity index (χ0n) is 19.8. The zero-order valence-corrected chi connectivity index (χ0v) is 19.8. The summed E-state index contributed by atoms with van der Waals surface area (Å²) in [4.78, 5) is 3.57. The normalized spacial score (nSPS) is 9.35. The van der Waals surface area contributed by atoms with E-state index in [1.807, 2.05) is 109 Å². The molecular formula is C20H39N11+2. The van der Waals surface area contributed by atoms with Crippen LogP contribution in [0.3, 0.4) is 0 Å². The molecule has 0 fully saturated rings. The monoisotopic (exact) mass is 433 g/mol. The van der Waals surface area contributed by atoms with Crippen molar-refractivity contribution in [3.63, 3.8) is 0 Å². The van der Waals surface area contributed by atoms with Crippen LogP contribution >= 0.6 is 0 Å². The van der Waals surface area contributed by atoms with Crippen molar-refractivity contribution in [3.8, 4) is 0 Å². The molecule has 0 saturated heterocycles. The lowest BCUT2D eigenvalue weighted by molar-refractivity contribution is -0.760. The van der Waals surface area contributed by atoms with E-state index < -0.39 is 0 Å². The third kappa shape index (κ3) is 9.79. The van der Waals surface area contributed by atoms with Gasteiger partial charge in [-0.2, -0.15) is 14.5 Å².